The molecule has 1 fully saturated rings. The average Bonchev–Trinajstić information content (AvgIpc) is 3.55. The smallest absolute Gasteiger partial charge is 0.326 e. The number of carbonyl (C=O) groups excluding carboxylic acids is 1. The van der Waals surface area contributed by atoms with Gasteiger partial charge in [-0.15, -0.1) is 0 Å². The first-order valence-electron chi connectivity index (χ1n) is 12.4. The fourth-order valence-electron chi connectivity index (χ4n) is 4.13. The van der Waals surface area contributed by atoms with Crippen LogP contribution >= 0.6 is 0 Å². The van der Waals surface area contributed by atoms with E-state index in [9.17, 15) is 19.1 Å². The second-order valence-electron chi connectivity index (χ2n) is 9.30. The number of imidazole rings is 1. The van der Waals surface area contributed by atoms with Crippen LogP contribution in [0.1, 0.15) is 31.0 Å². The van der Waals surface area contributed by atoms with Gasteiger partial charge >= 0.3 is 5.69 Å². The Bertz CT molecular complexity index is 1920. The molecule has 202 valence electrons. The number of aromatic amines is 2. The summed E-state index contributed by atoms with van der Waals surface area (Å²) in [6.45, 7) is 1.58. The van der Waals surface area contributed by atoms with E-state index in [2.05, 4.69) is 45.6 Å². The quantitative estimate of drug-likeness (QED) is 0.204. The predicted octanol–water partition coefficient (Wildman–Crippen LogP) is 1.23. The van der Waals surface area contributed by atoms with Crippen LogP contribution in [0, 0.1) is 5.82 Å². The van der Waals surface area contributed by atoms with E-state index in [1.807, 2.05) is 0 Å². The van der Waals surface area contributed by atoms with E-state index in [0.29, 0.717) is 27.9 Å². The van der Waals surface area contributed by atoms with Crippen molar-refractivity contribution < 1.29 is 14.3 Å². The molecule has 1 amide bonds. The van der Waals surface area contributed by atoms with Gasteiger partial charge in [0.05, 0.1) is 12.2 Å². The lowest BCUT2D eigenvalue weighted by Crippen LogP contribution is -2.24. The Kier molecular flexibility index (Phi) is 6.26. The van der Waals surface area contributed by atoms with Gasteiger partial charge in [-0.1, -0.05) is 6.07 Å². The molecule has 1 aliphatic carbocycles. The predicted molar refractivity (Wildman–Crippen MR) is 142 cm³/mol. The molecule has 1 aromatic carbocycles. The van der Waals surface area contributed by atoms with E-state index in [1.165, 1.54) is 35.8 Å². The summed E-state index contributed by atoms with van der Waals surface area (Å²) in [4.78, 5) is 45.7. The number of aromatic hydroxyl groups is 1. The van der Waals surface area contributed by atoms with Gasteiger partial charge in [0.1, 0.15) is 17.3 Å². The number of rotatable bonds is 7. The van der Waals surface area contributed by atoms with Gasteiger partial charge in [0.25, 0.3) is 5.62 Å². The maximum Gasteiger partial charge on any atom is 0.326 e. The van der Waals surface area contributed by atoms with Crippen molar-refractivity contribution in [1.82, 2.24) is 34.5 Å². The summed E-state index contributed by atoms with van der Waals surface area (Å²) < 4.78 is 15.8. The van der Waals surface area contributed by atoms with Crippen molar-refractivity contribution in [3.63, 3.8) is 0 Å². The lowest BCUT2D eigenvalue weighted by molar-refractivity contribution is -0.114. The molecule has 5 N–H and O–H groups in total. The molecule has 14 heteroatoms. The van der Waals surface area contributed by atoms with Gasteiger partial charge in [0.15, 0.2) is 5.65 Å². The number of hydrogen-bond donors (Lipinski definition) is 5. The molecule has 1 aliphatic rings. The van der Waals surface area contributed by atoms with Gasteiger partial charge in [0.2, 0.25) is 17.7 Å². The van der Waals surface area contributed by atoms with E-state index in [4.69, 9.17) is 0 Å². The number of aromatic nitrogens is 7. The highest BCUT2D eigenvalue weighted by molar-refractivity contribution is 5.87. The maximum absolute atomic E-state index is 14.3. The summed E-state index contributed by atoms with van der Waals surface area (Å²) in [5, 5.41) is 20.6. The van der Waals surface area contributed by atoms with Crippen LogP contribution in [0.2, 0.25) is 0 Å². The molecule has 6 rings (SSSR count). The molecule has 0 aliphatic heterocycles. The third kappa shape index (κ3) is 5.27. The Balaban J connectivity index is 1.36. The van der Waals surface area contributed by atoms with Gasteiger partial charge in [-0.3, -0.25) is 9.78 Å². The van der Waals surface area contributed by atoms with Crippen molar-refractivity contribution in [2.24, 2.45) is 4.99 Å². The zero-order chi connectivity index (χ0) is 27.8. The Hall–Kier alpha value is -5.40. The van der Waals surface area contributed by atoms with E-state index in [-0.39, 0.29) is 36.0 Å². The Morgan fingerprint density at radius 1 is 1.23 bits per heavy atom. The van der Waals surface area contributed by atoms with Crippen LogP contribution in [0.3, 0.4) is 0 Å². The number of nitrogens with zero attached hydrogens (tertiary/aromatic N) is 6. The summed E-state index contributed by atoms with van der Waals surface area (Å²) >= 11 is 0. The molecule has 5 aromatic rings. The zero-order valence-electron chi connectivity index (χ0n) is 21.1. The molecule has 4 aromatic heterocycles. The zero-order valence-corrected chi connectivity index (χ0v) is 21.1. The van der Waals surface area contributed by atoms with Crippen LogP contribution in [-0.4, -0.2) is 51.6 Å². The lowest BCUT2D eigenvalue weighted by atomic mass is 10.0. The molecule has 0 bridgehead atoms. The number of H-pyrrole nitrogens is 2. The van der Waals surface area contributed by atoms with Crippen molar-refractivity contribution in [3.8, 4) is 17.0 Å². The molecule has 13 nitrogen and oxygen atoms in total. The SMILES string of the molecule is CC(=O)Nc1ccc(-c2ccc(F)cc2CNc2nc(=NC3CC3)n3ncc(=Cc4[nH]c(=O)[nH]c4O)c3n2)cn1. The number of halogens is 1. The Morgan fingerprint density at radius 2 is 2.08 bits per heavy atom. The lowest BCUT2D eigenvalue weighted by Gasteiger charge is -2.12. The summed E-state index contributed by atoms with van der Waals surface area (Å²) in [7, 11) is 0. The van der Waals surface area contributed by atoms with Crippen LogP contribution in [0.15, 0.2) is 52.5 Å². The second kappa shape index (κ2) is 10.1. The fourth-order valence-corrected chi connectivity index (χ4v) is 4.13. The van der Waals surface area contributed by atoms with Crippen LogP contribution < -0.4 is 27.2 Å². The Morgan fingerprint density at radius 3 is 2.77 bits per heavy atom. The van der Waals surface area contributed by atoms with Crippen LogP contribution in [0.4, 0.5) is 16.2 Å². The van der Waals surface area contributed by atoms with E-state index in [0.717, 1.165) is 24.0 Å². The van der Waals surface area contributed by atoms with Gasteiger partial charge in [-0.25, -0.2) is 19.2 Å². The molecule has 0 radical (unpaired) electrons. The first-order valence-corrected chi connectivity index (χ1v) is 12.4. The Labute approximate surface area is 224 Å². The molecule has 0 unspecified atom stereocenters. The summed E-state index contributed by atoms with van der Waals surface area (Å²) in [6.07, 6.45) is 6.58. The number of amides is 1. The number of pyridine rings is 1. The third-order valence-corrected chi connectivity index (χ3v) is 6.14. The molecular weight excluding hydrogens is 519 g/mol. The van der Waals surface area contributed by atoms with E-state index in [1.54, 1.807) is 24.4 Å². The average molecular weight is 543 g/mol. The number of benzene rings is 1. The summed E-state index contributed by atoms with van der Waals surface area (Å²) in [6, 6.07) is 8.06. The molecule has 0 atom stereocenters. The van der Waals surface area contributed by atoms with Gasteiger partial charge in [-0.05, 0) is 54.3 Å². The van der Waals surface area contributed by atoms with Crippen molar-refractivity contribution >= 4 is 29.4 Å². The van der Waals surface area contributed by atoms with Crippen LogP contribution in [-0.2, 0) is 11.3 Å². The third-order valence-electron chi connectivity index (χ3n) is 6.14. The molecule has 4 heterocycles. The molecule has 0 saturated heterocycles. The van der Waals surface area contributed by atoms with Crippen molar-refractivity contribution in [3.05, 3.63) is 81.1 Å². The number of anilines is 2. The van der Waals surface area contributed by atoms with E-state index < -0.39 is 11.5 Å². The minimum Gasteiger partial charge on any atom is -0.493 e. The minimum atomic E-state index is -0.549. The number of carbonyl (C=O) groups is 1. The first kappa shape index (κ1) is 24.9. The van der Waals surface area contributed by atoms with Crippen molar-refractivity contribution in [2.45, 2.75) is 32.4 Å². The van der Waals surface area contributed by atoms with Crippen LogP contribution in [0.25, 0.3) is 22.9 Å². The summed E-state index contributed by atoms with van der Waals surface area (Å²) in [5.41, 5.74) is 2.48. The van der Waals surface area contributed by atoms with Crippen molar-refractivity contribution in [2.75, 3.05) is 10.6 Å². The number of nitrogens with one attached hydrogen (secondary N) is 4. The molecule has 1 saturated carbocycles. The van der Waals surface area contributed by atoms with Crippen molar-refractivity contribution in [1.29, 1.82) is 0 Å². The first-order chi connectivity index (χ1) is 19.3. The van der Waals surface area contributed by atoms with Gasteiger partial charge < -0.3 is 20.7 Å². The number of hydrogen-bond acceptors (Lipinski definition) is 9. The molecule has 40 heavy (non-hydrogen) atoms. The second-order valence-corrected chi connectivity index (χ2v) is 9.30. The number of fused-ring (bicyclic) bond motifs is 1. The van der Waals surface area contributed by atoms with Gasteiger partial charge in [0, 0.05) is 30.4 Å². The topological polar surface area (TPSA) is 178 Å². The fraction of sp³-hybridized carbons (Fsp3) is 0.192. The van der Waals surface area contributed by atoms with Gasteiger partial charge in [-0.2, -0.15) is 19.6 Å². The monoisotopic (exact) mass is 542 g/mol. The van der Waals surface area contributed by atoms with E-state index >= 15 is 0 Å². The highest BCUT2D eigenvalue weighted by atomic mass is 19.1. The largest absolute Gasteiger partial charge is 0.493 e. The normalized spacial score (nSPS) is 14.2. The molecule has 0 spiro atoms. The summed E-state index contributed by atoms with van der Waals surface area (Å²) in [5.74, 6) is -0.288. The molecular formula is C26H23FN10O3. The highest BCUT2D eigenvalue weighted by Gasteiger charge is 2.21. The standard InChI is InChI=1S/C26H23FN10O3/c1-13(38)31-21-7-2-14(10-28-21)19-6-3-17(27)8-15(19)11-29-24-34-22-16(9-20-23(39)35-26(40)33-20)12-30-37(22)25(36-24)32-18-4-5-18/h2-3,6-10,12,18,39H,4-5,11H2,1H3,(H,28,31,38)(H,29,32,36)(H2,33,35,40). The van der Waals surface area contributed by atoms with Crippen LogP contribution in [0.5, 0.6) is 5.88 Å². The highest BCUT2D eigenvalue weighted by Crippen LogP contribution is 2.26. The maximum atomic E-state index is 14.3. The minimum absolute atomic E-state index is 0.149.